The second kappa shape index (κ2) is 6.96. The fourth-order valence-corrected chi connectivity index (χ4v) is 3.94. The molecule has 0 radical (unpaired) electrons. The summed E-state index contributed by atoms with van der Waals surface area (Å²) in [5.41, 5.74) is 5.15. The molecule has 1 aliphatic heterocycles. The Hall–Kier alpha value is -3.84. The number of pyridine rings is 1. The van der Waals surface area contributed by atoms with Gasteiger partial charge in [0.25, 0.3) is 0 Å². The van der Waals surface area contributed by atoms with Gasteiger partial charge in [-0.1, -0.05) is 43.3 Å². The van der Waals surface area contributed by atoms with Crippen molar-refractivity contribution in [1.82, 2.24) is 4.98 Å². The number of rotatable bonds is 2. The summed E-state index contributed by atoms with van der Waals surface area (Å²) in [5.74, 6) is 2.23. The zero-order valence-corrected chi connectivity index (χ0v) is 16.0. The molecule has 1 unspecified atom stereocenters. The van der Waals surface area contributed by atoms with E-state index in [9.17, 15) is 5.26 Å². The number of hydrogen-bond acceptors (Lipinski definition) is 4. The topological polar surface area (TPSA) is 49.1 Å². The summed E-state index contributed by atoms with van der Waals surface area (Å²) in [5, 5.41) is 9.61. The van der Waals surface area contributed by atoms with Crippen LogP contribution in [0.15, 0.2) is 90.5 Å². The molecule has 4 heteroatoms. The zero-order valence-electron chi connectivity index (χ0n) is 16.0. The van der Waals surface area contributed by atoms with Gasteiger partial charge >= 0.3 is 0 Å². The quantitative estimate of drug-likeness (QED) is 0.553. The molecule has 1 atom stereocenters. The number of fused-ring (bicyclic) bond motifs is 1. The summed E-state index contributed by atoms with van der Waals surface area (Å²) in [6, 6.07) is 22.0. The molecule has 0 spiro atoms. The van der Waals surface area contributed by atoms with Crippen molar-refractivity contribution in [3.05, 3.63) is 96.0 Å². The predicted octanol–water partition coefficient (Wildman–Crippen LogP) is 5.96. The smallest absolute Gasteiger partial charge is 0.151 e. The number of para-hydroxylation sites is 3. The van der Waals surface area contributed by atoms with Crippen LogP contribution in [0, 0.1) is 17.2 Å². The Kier molecular flexibility index (Phi) is 4.14. The minimum absolute atomic E-state index is 0.428. The maximum Gasteiger partial charge on any atom is 0.151 e. The van der Waals surface area contributed by atoms with Crippen molar-refractivity contribution in [2.24, 2.45) is 5.92 Å². The maximum atomic E-state index is 9.61. The first-order chi connectivity index (χ1) is 14.3. The molecule has 0 N–H and O–H groups in total. The van der Waals surface area contributed by atoms with Gasteiger partial charge in [0.2, 0.25) is 0 Å². The molecule has 0 saturated heterocycles. The highest BCUT2D eigenvalue weighted by Crippen LogP contribution is 2.47. The first-order valence-electron chi connectivity index (χ1n) is 9.69. The van der Waals surface area contributed by atoms with Crippen LogP contribution < -0.4 is 9.64 Å². The molecule has 1 aliphatic carbocycles. The van der Waals surface area contributed by atoms with Gasteiger partial charge in [-0.15, -0.1) is 0 Å². The van der Waals surface area contributed by atoms with Crippen molar-refractivity contribution in [2.75, 3.05) is 4.90 Å². The molecular formula is C25H19N3O. The van der Waals surface area contributed by atoms with Crippen molar-refractivity contribution >= 4 is 11.4 Å². The third kappa shape index (κ3) is 2.88. The van der Waals surface area contributed by atoms with Crippen molar-refractivity contribution in [2.45, 2.75) is 13.3 Å². The lowest BCUT2D eigenvalue weighted by Crippen LogP contribution is -2.26. The van der Waals surface area contributed by atoms with Gasteiger partial charge in [0, 0.05) is 18.2 Å². The highest BCUT2D eigenvalue weighted by molar-refractivity contribution is 5.88. The van der Waals surface area contributed by atoms with E-state index in [-0.39, 0.29) is 0 Å². The normalized spacial score (nSPS) is 17.2. The first kappa shape index (κ1) is 17.3. The van der Waals surface area contributed by atoms with Crippen LogP contribution in [-0.4, -0.2) is 4.98 Å². The molecule has 1 aromatic heterocycles. The van der Waals surface area contributed by atoms with Gasteiger partial charge in [-0.25, -0.2) is 0 Å². The van der Waals surface area contributed by atoms with Crippen molar-refractivity contribution < 1.29 is 4.74 Å². The number of aromatic nitrogens is 1. The minimum atomic E-state index is 0.428. The molecule has 4 nitrogen and oxygen atoms in total. The van der Waals surface area contributed by atoms with Crippen molar-refractivity contribution in [3.63, 3.8) is 0 Å². The van der Waals surface area contributed by atoms with Crippen molar-refractivity contribution in [1.29, 1.82) is 5.26 Å². The molecule has 2 aliphatic rings. The van der Waals surface area contributed by atoms with Gasteiger partial charge in [0.15, 0.2) is 5.75 Å². The van der Waals surface area contributed by atoms with E-state index in [1.807, 2.05) is 36.4 Å². The van der Waals surface area contributed by atoms with E-state index < -0.39 is 0 Å². The Morgan fingerprint density at radius 3 is 2.69 bits per heavy atom. The molecule has 140 valence electrons. The Bertz CT molecular complexity index is 1200. The molecule has 3 aromatic rings. The van der Waals surface area contributed by atoms with Gasteiger partial charge in [0.05, 0.1) is 28.3 Å². The Morgan fingerprint density at radius 1 is 1.03 bits per heavy atom. The summed E-state index contributed by atoms with van der Waals surface area (Å²) in [6.07, 6.45) is 6.94. The zero-order chi connectivity index (χ0) is 19.8. The van der Waals surface area contributed by atoms with Crippen LogP contribution in [0.3, 0.4) is 0 Å². The van der Waals surface area contributed by atoms with E-state index in [1.54, 1.807) is 18.3 Å². The van der Waals surface area contributed by atoms with Crippen LogP contribution in [-0.2, 0) is 0 Å². The van der Waals surface area contributed by atoms with E-state index >= 15 is 0 Å². The lowest BCUT2D eigenvalue weighted by Gasteiger charge is -2.37. The van der Waals surface area contributed by atoms with Gasteiger partial charge in [-0.3, -0.25) is 4.98 Å². The van der Waals surface area contributed by atoms with Gasteiger partial charge < -0.3 is 9.64 Å². The van der Waals surface area contributed by atoms with E-state index in [1.165, 1.54) is 0 Å². The van der Waals surface area contributed by atoms with Crippen LogP contribution in [0.1, 0.15) is 18.9 Å². The third-order valence-corrected chi connectivity index (χ3v) is 5.28. The van der Waals surface area contributed by atoms with Crippen LogP contribution >= 0.6 is 0 Å². The Labute approximate surface area is 170 Å². The van der Waals surface area contributed by atoms with Crippen molar-refractivity contribution in [3.8, 4) is 23.1 Å². The molecule has 5 rings (SSSR count). The highest BCUT2D eigenvalue weighted by atomic mass is 16.5. The summed E-state index contributed by atoms with van der Waals surface area (Å²) in [4.78, 5) is 6.76. The fraction of sp³-hybridized carbons (Fsp3) is 0.120. The summed E-state index contributed by atoms with van der Waals surface area (Å²) in [7, 11) is 0. The number of anilines is 2. The SMILES string of the molecule is CC1C=CC2=C(C1)Oc1ccccc1N2c1ccccc1-c1ncccc1C#N. The average Bonchev–Trinajstić information content (AvgIpc) is 2.77. The molecule has 29 heavy (non-hydrogen) atoms. The number of allylic oxidation sites excluding steroid dienone is 3. The van der Waals surface area contributed by atoms with Crippen LogP contribution in [0.5, 0.6) is 5.75 Å². The summed E-state index contributed by atoms with van der Waals surface area (Å²) < 4.78 is 6.27. The summed E-state index contributed by atoms with van der Waals surface area (Å²) >= 11 is 0. The number of hydrogen-bond donors (Lipinski definition) is 0. The van der Waals surface area contributed by atoms with E-state index in [0.717, 1.165) is 40.6 Å². The lowest BCUT2D eigenvalue weighted by molar-refractivity contribution is 0.371. The van der Waals surface area contributed by atoms with Gasteiger partial charge in [-0.2, -0.15) is 5.26 Å². The standard InChI is InChI=1S/C25H19N3O/c1-17-12-13-22-24(15-17)29-23-11-5-4-10-21(23)28(22)20-9-3-2-8-19(20)25-18(16-26)7-6-14-27-25/h2-14,17H,15H2,1H3. The van der Waals surface area contributed by atoms with E-state index in [4.69, 9.17) is 4.74 Å². The Morgan fingerprint density at radius 2 is 1.83 bits per heavy atom. The number of benzene rings is 2. The molecular weight excluding hydrogens is 358 g/mol. The number of ether oxygens (including phenoxy) is 1. The van der Waals surface area contributed by atoms with Crippen LogP contribution in [0.2, 0.25) is 0 Å². The maximum absolute atomic E-state index is 9.61. The molecule has 0 fully saturated rings. The monoisotopic (exact) mass is 377 g/mol. The fourth-order valence-electron chi connectivity index (χ4n) is 3.94. The molecule has 0 amide bonds. The first-order valence-corrected chi connectivity index (χ1v) is 9.69. The summed E-state index contributed by atoms with van der Waals surface area (Å²) in [6.45, 7) is 2.19. The second-order valence-corrected chi connectivity index (χ2v) is 7.28. The van der Waals surface area contributed by atoms with Crippen LogP contribution in [0.4, 0.5) is 11.4 Å². The van der Waals surface area contributed by atoms with E-state index in [2.05, 4.69) is 47.2 Å². The largest absolute Gasteiger partial charge is 0.457 e. The lowest BCUT2D eigenvalue weighted by atomic mass is 9.96. The highest BCUT2D eigenvalue weighted by Gasteiger charge is 2.31. The van der Waals surface area contributed by atoms with Gasteiger partial charge in [-0.05, 0) is 42.3 Å². The predicted molar refractivity (Wildman–Crippen MR) is 114 cm³/mol. The molecule has 2 aromatic carbocycles. The number of nitrogens with zero attached hydrogens (tertiary/aromatic N) is 3. The van der Waals surface area contributed by atoms with Gasteiger partial charge in [0.1, 0.15) is 11.8 Å². The van der Waals surface area contributed by atoms with E-state index in [0.29, 0.717) is 17.2 Å². The average molecular weight is 377 g/mol. The minimum Gasteiger partial charge on any atom is -0.457 e. The molecule has 2 heterocycles. The molecule has 0 bridgehead atoms. The second-order valence-electron chi connectivity index (χ2n) is 7.28. The third-order valence-electron chi connectivity index (χ3n) is 5.28. The number of nitriles is 1. The Balaban J connectivity index is 1.76. The molecule has 0 saturated carbocycles. The van der Waals surface area contributed by atoms with Crippen LogP contribution in [0.25, 0.3) is 11.3 Å².